The number of amides is 3. The maximum Gasteiger partial charge on any atom is 0.513 e. The second-order valence-electron chi connectivity index (χ2n) is 17.2. The molecule has 0 unspecified atom stereocenters. The van der Waals surface area contributed by atoms with Gasteiger partial charge in [0.15, 0.2) is 6.04 Å². The molecular weight excluding hydrogens is 805 g/mol. The lowest BCUT2D eigenvalue weighted by Crippen LogP contribution is -2.96. The molecular formula is C51H57N8O5+. The minimum absolute atomic E-state index is 0.00384. The maximum atomic E-state index is 13.7. The number of primary amides is 1. The van der Waals surface area contributed by atoms with Crippen molar-refractivity contribution in [3.8, 4) is 44.8 Å². The number of aromatic amines is 2. The molecule has 5 N–H and O–H groups in total. The highest BCUT2D eigenvalue weighted by Crippen LogP contribution is 2.39. The van der Waals surface area contributed by atoms with Crippen LogP contribution in [0.3, 0.4) is 0 Å². The molecule has 4 aromatic carbocycles. The van der Waals surface area contributed by atoms with Crippen LogP contribution < -0.4 is 10.6 Å². The zero-order chi connectivity index (χ0) is 45.1. The standard InChI is InChI=1S/C51H56N8O5/c1-30(2)45(56-50(61)63-6)32(5)58-26-10-16-43(58)47-52-28-41(54-47)35-22-18-33(19-23-35)37-12-8-15-40-38(13-9-14-39(37)40)34-20-24-36(25-21-34)42-29-53-48(55-42)44-17-11-27-59(44)49(60)46(31(3)4)57-51(62)64-7/h8-9,12-15,18-25,28-29,31,43-44,46H,5,10-11,16-17,26-27H2,1-4,6-7H3,(H,52,54)(H,53,55)(H,56,61)(H,57,62)/p+1/t43-,44-,46-/m0/s1. The third kappa shape index (κ3) is 8.80. The predicted octanol–water partition coefficient (Wildman–Crippen LogP) is 9.27. The topological polar surface area (TPSA) is 162 Å². The van der Waals surface area contributed by atoms with Gasteiger partial charge in [0.1, 0.15) is 11.6 Å². The number of hydrogen-bond acceptors (Lipinski definition) is 8. The normalized spacial score (nSPS) is 16.5. The van der Waals surface area contributed by atoms with Gasteiger partial charge in [0.05, 0.1) is 61.5 Å². The Bertz CT molecular complexity index is 2710. The van der Waals surface area contributed by atoms with Crippen LogP contribution >= 0.6 is 0 Å². The lowest BCUT2D eigenvalue weighted by Gasteiger charge is -2.29. The van der Waals surface area contributed by atoms with E-state index >= 15 is 0 Å². The number of alkyl carbamates (subject to hydrolysis) is 1. The largest absolute Gasteiger partial charge is 0.513 e. The Balaban J connectivity index is 0.975. The minimum Gasteiger partial charge on any atom is -0.453 e. The first kappa shape index (κ1) is 43.7. The molecule has 0 bridgehead atoms. The summed E-state index contributed by atoms with van der Waals surface area (Å²) in [6, 6.07) is 29.3. The second kappa shape index (κ2) is 18.8. The first-order valence-corrected chi connectivity index (χ1v) is 22.0. The third-order valence-corrected chi connectivity index (χ3v) is 12.6. The van der Waals surface area contributed by atoms with Crippen molar-refractivity contribution < 1.29 is 29.2 Å². The highest BCUT2D eigenvalue weighted by Gasteiger charge is 2.40. The molecule has 3 atom stereocenters. The number of imidazole rings is 2. The third-order valence-electron chi connectivity index (χ3n) is 12.6. The number of aromatic nitrogens is 4. The van der Waals surface area contributed by atoms with E-state index in [1.165, 1.54) is 19.5 Å². The van der Waals surface area contributed by atoms with Crippen molar-refractivity contribution in [2.45, 2.75) is 71.5 Å². The van der Waals surface area contributed by atoms with Crippen molar-refractivity contribution in [3.63, 3.8) is 0 Å². The number of quaternary nitrogens is 1. The van der Waals surface area contributed by atoms with E-state index in [4.69, 9.17) is 19.4 Å². The predicted molar refractivity (Wildman–Crippen MR) is 248 cm³/mol. The van der Waals surface area contributed by atoms with Crippen LogP contribution in [0, 0.1) is 5.92 Å². The van der Waals surface area contributed by atoms with Gasteiger partial charge in [-0.2, -0.15) is 4.79 Å². The number of carbonyl (C=O) groups is 3. The summed E-state index contributed by atoms with van der Waals surface area (Å²) < 4.78 is 9.70. The Morgan fingerprint density at radius 1 is 0.719 bits per heavy atom. The SMILES string of the molecule is C=C(C(NC(=O)OC)=C(C)C)N1CCC[C@H]1c1ncc(-c2ccc(-c3cccc4c(-c5ccc(-c6cnc([C@@H]7CCCN7C(=O)[C@@H]([NH2+]C(=O)OC)C(C)C)[nH]6)cc5)cccc34)cc2)[nH]1. The lowest BCUT2D eigenvalue weighted by molar-refractivity contribution is -0.601. The van der Waals surface area contributed by atoms with Gasteiger partial charge in [-0.1, -0.05) is 111 Å². The molecule has 2 aliphatic heterocycles. The first-order valence-electron chi connectivity index (χ1n) is 22.0. The molecule has 0 radical (unpaired) electrons. The molecule has 0 spiro atoms. The van der Waals surface area contributed by atoms with Gasteiger partial charge < -0.3 is 29.2 Å². The molecule has 64 heavy (non-hydrogen) atoms. The highest BCUT2D eigenvalue weighted by atomic mass is 16.5. The number of rotatable bonds is 12. The van der Waals surface area contributed by atoms with Crippen LogP contribution in [0.4, 0.5) is 9.59 Å². The summed E-state index contributed by atoms with van der Waals surface area (Å²) in [5.74, 6) is 1.49. The van der Waals surface area contributed by atoms with Crippen LogP contribution in [0.5, 0.6) is 0 Å². The average molecular weight is 862 g/mol. The van der Waals surface area contributed by atoms with E-state index in [-0.39, 0.29) is 23.9 Å². The quantitative estimate of drug-likeness (QED) is 0.0886. The molecule has 4 heterocycles. The Labute approximate surface area is 374 Å². The van der Waals surface area contributed by atoms with E-state index in [0.29, 0.717) is 12.2 Å². The van der Waals surface area contributed by atoms with Crippen molar-refractivity contribution >= 4 is 28.9 Å². The maximum absolute atomic E-state index is 13.7. The minimum atomic E-state index is -0.562. The molecule has 6 aromatic rings. The summed E-state index contributed by atoms with van der Waals surface area (Å²) in [4.78, 5) is 58.6. The highest BCUT2D eigenvalue weighted by molar-refractivity contribution is 6.04. The number of methoxy groups -OCH3 is 2. The lowest BCUT2D eigenvalue weighted by atomic mass is 9.92. The van der Waals surface area contributed by atoms with Gasteiger partial charge in [-0.15, -0.1) is 0 Å². The molecule has 0 saturated carbocycles. The van der Waals surface area contributed by atoms with Gasteiger partial charge in [0.25, 0.3) is 5.91 Å². The van der Waals surface area contributed by atoms with Gasteiger partial charge in [-0.3, -0.25) is 10.1 Å². The molecule has 3 amide bonds. The number of carbonyl (C=O) groups excluding carboxylic acids is 3. The smallest absolute Gasteiger partial charge is 0.453 e. The van der Waals surface area contributed by atoms with E-state index < -0.39 is 18.2 Å². The summed E-state index contributed by atoms with van der Waals surface area (Å²) in [5.41, 5.74) is 10.7. The summed E-state index contributed by atoms with van der Waals surface area (Å²) in [6.45, 7) is 13.6. The molecule has 2 fully saturated rings. The van der Waals surface area contributed by atoms with Crippen molar-refractivity contribution in [3.05, 3.63) is 133 Å². The van der Waals surface area contributed by atoms with Crippen LogP contribution in [-0.4, -0.2) is 81.2 Å². The second-order valence-corrected chi connectivity index (χ2v) is 17.2. The number of nitrogens with zero attached hydrogens (tertiary/aromatic N) is 4. The van der Waals surface area contributed by atoms with E-state index in [1.807, 2.05) is 45.0 Å². The summed E-state index contributed by atoms with van der Waals surface area (Å²) in [7, 11) is 2.68. The van der Waals surface area contributed by atoms with E-state index in [9.17, 15) is 14.4 Å². The van der Waals surface area contributed by atoms with Gasteiger partial charge in [-0.25, -0.2) is 20.1 Å². The molecule has 13 nitrogen and oxygen atoms in total. The zero-order valence-electron chi connectivity index (χ0n) is 37.4. The van der Waals surface area contributed by atoms with Crippen LogP contribution in [0.25, 0.3) is 55.5 Å². The number of nitrogens with two attached hydrogens (primary N) is 1. The molecule has 2 saturated heterocycles. The average Bonchev–Trinajstić information content (AvgIpc) is 4.16. The van der Waals surface area contributed by atoms with Crippen molar-refractivity contribution in [2.24, 2.45) is 5.92 Å². The fourth-order valence-corrected chi connectivity index (χ4v) is 9.20. The van der Waals surface area contributed by atoms with Crippen LogP contribution in [0.2, 0.25) is 0 Å². The first-order chi connectivity index (χ1) is 30.9. The van der Waals surface area contributed by atoms with E-state index in [2.05, 4.69) is 112 Å². The molecule has 2 aliphatic rings. The fourth-order valence-electron chi connectivity index (χ4n) is 9.20. The number of H-pyrrole nitrogens is 2. The number of nitrogens with one attached hydrogen (secondary N) is 3. The summed E-state index contributed by atoms with van der Waals surface area (Å²) in [6.07, 6.45) is 6.28. The molecule has 2 aromatic heterocycles. The number of benzene rings is 4. The number of ether oxygens (including phenoxy) is 2. The number of likely N-dealkylation sites (tertiary alicyclic amines) is 2. The summed E-state index contributed by atoms with van der Waals surface area (Å²) in [5, 5.41) is 6.56. The van der Waals surface area contributed by atoms with E-state index in [0.717, 1.165) is 111 Å². The fraction of sp³-hybridized carbons (Fsp3) is 0.314. The summed E-state index contributed by atoms with van der Waals surface area (Å²) >= 11 is 0. The van der Waals surface area contributed by atoms with Crippen LogP contribution in [0.15, 0.2) is 121 Å². The number of fused-ring (bicyclic) bond motifs is 1. The zero-order valence-corrected chi connectivity index (χ0v) is 37.4. The van der Waals surface area contributed by atoms with Crippen LogP contribution in [0.1, 0.15) is 77.1 Å². The van der Waals surface area contributed by atoms with Gasteiger partial charge in [-0.05, 0) is 83.7 Å². The van der Waals surface area contributed by atoms with E-state index in [1.54, 1.807) is 0 Å². The molecule has 330 valence electrons. The van der Waals surface area contributed by atoms with Crippen LogP contribution in [-0.2, 0) is 14.3 Å². The van der Waals surface area contributed by atoms with Gasteiger partial charge in [0.2, 0.25) is 0 Å². The monoisotopic (exact) mass is 861 g/mol. The molecule has 8 rings (SSSR count). The Kier molecular flexibility index (Phi) is 12.8. The number of allylic oxidation sites excluding steroid dienone is 1. The Hall–Kier alpha value is -6.99. The van der Waals surface area contributed by atoms with Crippen molar-refractivity contribution in [1.29, 1.82) is 0 Å². The molecule has 13 heteroatoms. The number of hydrogen-bond donors (Lipinski definition) is 4. The van der Waals surface area contributed by atoms with Crippen molar-refractivity contribution in [1.82, 2.24) is 35.1 Å². The Morgan fingerprint density at radius 3 is 1.67 bits per heavy atom. The molecule has 0 aliphatic carbocycles. The van der Waals surface area contributed by atoms with Gasteiger partial charge >= 0.3 is 12.2 Å². The van der Waals surface area contributed by atoms with Gasteiger partial charge in [0, 0.05) is 19.0 Å². The Morgan fingerprint density at radius 2 is 1.20 bits per heavy atom. The van der Waals surface area contributed by atoms with Crippen molar-refractivity contribution in [2.75, 3.05) is 27.3 Å².